The molecule has 0 aliphatic heterocycles. The topological polar surface area (TPSA) is 101 Å². The number of hydrogen-bond acceptors (Lipinski definition) is 8. The van der Waals surface area contributed by atoms with Crippen molar-refractivity contribution >= 4 is 17.5 Å². The highest BCUT2D eigenvalue weighted by atomic mass is 16.6. The van der Waals surface area contributed by atoms with Crippen LogP contribution in [0, 0.1) is 0 Å². The summed E-state index contributed by atoms with van der Waals surface area (Å²) in [5.74, 6) is 0.381. The lowest BCUT2D eigenvalue weighted by molar-refractivity contribution is -0.133. The van der Waals surface area contributed by atoms with Gasteiger partial charge in [0.2, 0.25) is 5.91 Å². The van der Waals surface area contributed by atoms with Crippen molar-refractivity contribution in [3.63, 3.8) is 0 Å². The van der Waals surface area contributed by atoms with Gasteiger partial charge in [0, 0.05) is 39.1 Å². The molecule has 0 aliphatic carbocycles. The first-order valence-corrected chi connectivity index (χ1v) is 12.6. The molecule has 9 nitrogen and oxygen atoms in total. The van der Waals surface area contributed by atoms with Crippen molar-refractivity contribution in [1.82, 2.24) is 4.90 Å². The first kappa shape index (κ1) is 32.6. The second-order valence-corrected chi connectivity index (χ2v) is 8.10. The zero-order valence-corrected chi connectivity index (χ0v) is 21.6. The molecule has 0 saturated carbocycles. The predicted molar refractivity (Wildman–Crippen MR) is 130 cm³/mol. The van der Waals surface area contributed by atoms with E-state index in [2.05, 4.69) is 0 Å². The Morgan fingerprint density at radius 2 is 1.06 bits per heavy atom. The third-order valence-electron chi connectivity index (χ3n) is 4.91. The summed E-state index contributed by atoms with van der Waals surface area (Å²) in [5, 5.41) is 0. The number of ether oxygens (including phenoxy) is 5. The highest BCUT2D eigenvalue weighted by molar-refractivity contribution is 5.76. The number of unbranched alkanes of at least 4 members (excludes halogenated alkanes) is 2. The lowest BCUT2D eigenvalue weighted by Gasteiger charge is -2.23. The fraction of sp³-hybridized carbons (Fsp3) is 0.880. The van der Waals surface area contributed by atoms with Crippen LogP contribution in [-0.2, 0) is 38.1 Å². The number of rotatable bonds is 26. The normalized spacial score (nSPS) is 11.0. The van der Waals surface area contributed by atoms with Crippen LogP contribution in [0.25, 0.3) is 0 Å². The molecule has 200 valence electrons. The Kier molecular flexibility index (Phi) is 23.7. The fourth-order valence-electron chi connectivity index (χ4n) is 3.04. The molecule has 0 aromatic rings. The average Bonchev–Trinajstić information content (AvgIpc) is 2.79. The van der Waals surface area contributed by atoms with Gasteiger partial charge < -0.3 is 38.2 Å². The number of hydrogen-bond donors (Lipinski definition) is 0. The molecule has 0 heterocycles. The van der Waals surface area contributed by atoms with Gasteiger partial charge in [-0.15, -0.1) is 0 Å². The van der Waals surface area contributed by atoms with Gasteiger partial charge in [-0.2, -0.15) is 0 Å². The zero-order valence-electron chi connectivity index (χ0n) is 21.6. The Balaban J connectivity index is 3.98. The fourth-order valence-corrected chi connectivity index (χ4v) is 3.04. The van der Waals surface area contributed by atoms with Crippen LogP contribution in [0.5, 0.6) is 0 Å². The van der Waals surface area contributed by atoms with Crippen molar-refractivity contribution < 1.29 is 38.1 Å². The minimum atomic E-state index is 0.0301. The second kappa shape index (κ2) is 24.7. The zero-order chi connectivity index (χ0) is 25.3. The third-order valence-corrected chi connectivity index (χ3v) is 4.91. The number of carbonyl (C=O) groups excluding carboxylic acids is 3. The molecule has 0 bridgehead atoms. The van der Waals surface area contributed by atoms with Gasteiger partial charge in [0.1, 0.15) is 11.6 Å². The van der Waals surface area contributed by atoms with E-state index in [1.165, 1.54) is 0 Å². The quantitative estimate of drug-likeness (QED) is 0.171. The Hall–Kier alpha value is -1.39. The number of nitrogens with zero attached hydrogens (tertiary/aromatic N) is 1. The summed E-state index contributed by atoms with van der Waals surface area (Å²) in [6.45, 7) is 11.3. The van der Waals surface area contributed by atoms with Crippen molar-refractivity contribution in [3.8, 4) is 0 Å². The van der Waals surface area contributed by atoms with Crippen LogP contribution in [0.4, 0.5) is 0 Å². The van der Waals surface area contributed by atoms with E-state index < -0.39 is 0 Å². The summed E-state index contributed by atoms with van der Waals surface area (Å²) in [7, 11) is 0. The molecule has 0 saturated heterocycles. The number of carbonyl (C=O) groups is 3. The second-order valence-electron chi connectivity index (χ2n) is 8.10. The monoisotopic (exact) mass is 489 g/mol. The van der Waals surface area contributed by atoms with Crippen molar-refractivity contribution in [3.05, 3.63) is 0 Å². The van der Waals surface area contributed by atoms with Crippen LogP contribution >= 0.6 is 0 Å². The lowest BCUT2D eigenvalue weighted by Crippen LogP contribution is -2.35. The van der Waals surface area contributed by atoms with Gasteiger partial charge in [0.25, 0.3) is 0 Å². The molecule has 0 unspecified atom stereocenters. The summed E-state index contributed by atoms with van der Waals surface area (Å²) in [5.41, 5.74) is 0. The van der Waals surface area contributed by atoms with Crippen LogP contribution in [0.15, 0.2) is 0 Å². The highest BCUT2D eigenvalue weighted by Gasteiger charge is 2.13. The molecule has 0 aromatic carbocycles. The van der Waals surface area contributed by atoms with E-state index in [-0.39, 0.29) is 17.5 Å². The number of ketones is 2. The van der Waals surface area contributed by atoms with Crippen LogP contribution in [-0.4, -0.2) is 102 Å². The van der Waals surface area contributed by atoms with E-state index in [1.54, 1.807) is 18.7 Å². The molecule has 0 N–H and O–H groups in total. The van der Waals surface area contributed by atoms with E-state index in [9.17, 15) is 14.4 Å². The molecule has 0 aromatic heterocycles. The van der Waals surface area contributed by atoms with Crippen molar-refractivity contribution in [1.29, 1.82) is 0 Å². The Labute approximate surface area is 205 Å². The largest absolute Gasteiger partial charge is 0.380 e. The maximum absolute atomic E-state index is 12.6. The van der Waals surface area contributed by atoms with Crippen molar-refractivity contribution in [2.45, 2.75) is 65.7 Å². The van der Waals surface area contributed by atoms with E-state index in [0.29, 0.717) is 105 Å². The highest BCUT2D eigenvalue weighted by Crippen LogP contribution is 2.05. The van der Waals surface area contributed by atoms with E-state index in [0.717, 1.165) is 19.3 Å². The SMILES string of the molecule is CCOCCOCCOCCOCCC(=O)N(CCCCCC(C)=O)CCOCCCC(C)=O. The number of amides is 1. The molecule has 0 atom stereocenters. The molecule has 0 fully saturated rings. The van der Waals surface area contributed by atoms with Crippen LogP contribution < -0.4 is 0 Å². The van der Waals surface area contributed by atoms with Crippen LogP contribution in [0.3, 0.4) is 0 Å². The minimum absolute atomic E-state index is 0.0301. The molecular formula is C25H47NO8. The van der Waals surface area contributed by atoms with Crippen molar-refractivity contribution in [2.24, 2.45) is 0 Å². The van der Waals surface area contributed by atoms with E-state index in [1.807, 2.05) is 6.92 Å². The molecule has 0 rings (SSSR count). The molecule has 34 heavy (non-hydrogen) atoms. The molecule has 0 radical (unpaired) electrons. The Morgan fingerprint density at radius 3 is 1.65 bits per heavy atom. The van der Waals surface area contributed by atoms with Gasteiger partial charge in [0.05, 0.1) is 59.3 Å². The predicted octanol–water partition coefficient (Wildman–Crippen LogP) is 2.83. The first-order valence-electron chi connectivity index (χ1n) is 12.6. The Bertz CT molecular complexity index is 515. The molecule has 9 heteroatoms. The summed E-state index contributed by atoms with van der Waals surface area (Å²) in [6.07, 6.45) is 4.71. The standard InChI is InChI=1S/C25H47NO8/c1-4-30-17-18-33-21-22-34-20-19-32-15-11-25(29)26(12-7-5-6-9-23(2)27)13-16-31-14-8-10-24(3)28/h4-22H2,1-3H3. The maximum Gasteiger partial charge on any atom is 0.224 e. The summed E-state index contributed by atoms with van der Waals surface area (Å²) < 4.78 is 27.1. The molecule has 0 spiro atoms. The van der Waals surface area contributed by atoms with Crippen LogP contribution in [0.2, 0.25) is 0 Å². The van der Waals surface area contributed by atoms with Gasteiger partial charge in [-0.3, -0.25) is 4.79 Å². The van der Waals surface area contributed by atoms with E-state index in [4.69, 9.17) is 23.7 Å². The smallest absolute Gasteiger partial charge is 0.224 e. The molecule has 1 amide bonds. The maximum atomic E-state index is 12.6. The Morgan fingerprint density at radius 1 is 0.529 bits per heavy atom. The minimum Gasteiger partial charge on any atom is -0.380 e. The molecular weight excluding hydrogens is 442 g/mol. The van der Waals surface area contributed by atoms with Gasteiger partial charge >= 0.3 is 0 Å². The van der Waals surface area contributed by atoms with Gasteiger partial charge in [-0.05, 0) is 40.0 Å². The van der Waals surface area contributed by atoms with Crippen LogP contribution in [0.1, 0.15) is 65.7 Å². The average molecular weight is 490 g/mol. The summed E-state index contributed by atoms with van der Waals surface area (Å²) in [4.78, 5) is 36.5. The van der Waals surface area contributed by atoms with E-state index >= 15 is 0 Å². The van der Waals surface area contributed by atoms with Gasteiger partial charge in [-0.25, -0.2) is 0 Å². The number of Topliss-reactive ketones (excluding diaryl/α,β-unsaturated/α-hetero) is 2. The molecule has 0 aliphatic rings. The van der Waals surface area contributed by atoms with Gasteiger partial charge in [0.15, 0.2) is 0 Å². The first-order chi connectivity index (χ1) is 16.5. The third kappa shape index (κ3) is 23.8. The summed E-state index contributed by atoms with van der Waals surface area (Å²) >= 11 is 0. The summed E-state index contributed by atoms with van der Waals surface area (Å²) in [6, 6.07) is 0. The van der Waals surface area contributed by atoms with Gasteiger partial charge in [-0.1, -0.05) is 6.42 Å². The van der Waals surface area contributed by atoms with Crippen molar-refractivity contribution in [2.75, 3.05) is 79.2 Å². The lowest BCUT2D eigenvalue weighted by atomic mass is 10.1.